The largest absolute Gasteiger partial charge is 0.512 e. The molecule has 0 spiro atoms. The van der Waals surface area contributed by atoms with E-state index in [9.17, 15) is 9.90 Å². The van der Waals surface area contributed by atoms with Crippen molar-refractivity contribution < 1.29 is 24.1 Å². The highest BCUT2D eigenvalue weighted by Gasteiger charge is 2.52. The van der Waals surface area contributed by atoms with Gasteiger partial charge >= 0.3 is 5.97 Å². The van der Waals surface area contributed by atoms with Crippen molar-refractivity contribution in [2.45, 2.75) is 122 Å². The number of fused-ring (bicyclic) bond motifs is 1. The summed E-state index contributed by atoms with van der Waals surface area (Å²) in [6.07, 6.45) is 15.2. The SMILES string of the molecule is CCC#CCC(C)CC=C(O)[C@H]1[C@H]2CC([Si](C)(C)c3ccccc3)/C(=C/CCCC(=O)OC)C[C@@H]2C[C@H]1OC1CCCCO1. The van der Waals surface area contributed by atoms with Gasteiger partial charge in [-0.3, -0.25) is 4.79 Å². The number of hydrogen-bond acceptors (Lipinski definition) is 5. The lowest BCUT2D eigenvalue weighted by atomic mass is 9.74. The van der Waals surface area contributed by atoms with Crippen molar-refractivity contribution in [2.24, 2.45) is 23.7 Å². The quantitative estimate of drug-likeness (QED) is 0.0634. The molecule has 2 aliphatic carbocycles. The van der Waals surface area contributed by atoms with Crippen LogP contribution in [0.25, 0.3) is 0 Å². The van der Waals surface area contributed by atoms with E-state index in [1.807, 2.05) is 0 Å². The maximum Gasteiger partial charge on any atom is 0.305 e. The summed E-state index contributed by atoms with van der Waals surface area (Å²) in [7, 11) is -0.453. The van der Waals surface area contributed by atoms with Crippen LogP contribution in [0.3, 0.4) is 0 Å². The molecule has 1 aromatic rings. The van der Waals surface area contributed by atoms with Crippen LogP contribution in [0.4, 0.5) is 0 Å². The Balaban J connectivity index is 1.62. The van der Waals surface area contributed by atoms with Crippen molar-refractivity contribution in [3.63, 3.8) is 0 Å². The van der Waals surface area contributed by atoms with Crippen molar-refractivity contribution in [1.29, 1.82) is 0 Å². The average Bonchev–Trinajstić information content (AvgIpc) is 3.39. The van der Waals surface area contributed by atoms with Crippen LogP contribution in [0.1, 0.15) is 90.9 Å². The number of ether oxygens (including phenoxy) is 3. The molecule has 3 fully saturated rings. The van der Waals surface area contributed by atoms with Crippen LogP contribution in [0.5, 0.6) is 0 Å². The fraction of sp³-hybridized carbons (Fsp3) is 0.658. The Bertz CT molecular complexity index is 1170. The summed E-state index contributed by atoms with van der Waals surface area (Å²) >= 11 is 0. The fourth-order valence-corrected chi connectivity index (χ4v) is 11.3. The highest BCUT2D eigenvalue weighted by atomic mass is 28.3. The van der Waals surface area contributed by atoms with E-state index in [0.717, 1.165) is 77.2 Å². The highest BCUT2D eigenvalue weighted by Crippen LogP contribution is 2.56. The number of carbonyl (C=O) groups is 1. The van der Waals surface area contributed by atoms with E-state index >= 15 is 0 Å². The molecule has 5 nitrogen and oxygen atoms in total. The van der Waals surface area contributed by atoms with Crippen molar-refractivity contribution in [2.75, 3.05) is 13.7 Å². The molecule has 7 atom stereocenters. The minimum absolute atomic E-state index is 0.0107. The van der Waals surface area contributed by atoms with Crippen LogP contribution in [0, 0.1) is 35.5 Å². The molecule has 4 rings (SSSR count). The van der Waals surface area contributed by atoms with E-state index in [1.165, 1.54) is 12.3 Å². The Morgan fingerprint density at radius 2 is 1.98 bits per heavy atom. The molecule has 1 saturated heterocycles. The molecule has 0 amide bonds. The van der Waals surface area contributed by atoms with E-state index in [1.54, 1.807) is 5.57 Å². The van der Waals surface area contributed by atoms with Crippen molar-refractivity contribution >= 4 is 19.2 Å². The number of allylic oxidation sites excluding steroid dienone is 3. The molecule has 1 N–H and O–H groups in total. The zero-order valence-electron chi connectivity index (χ0n) is 27.9. The summed E-state index contributed by atoms with van der Waals surface area (Å²) in [5, 5.41) is 13.3. The van der Waals surface area contributed by atoms with Gasteiger partial charge in [0.25, 0.3) is 0 Å². The van der Waals surface area contributed by atoms with Crippen LogP contribution in [-0.4, -0.2) is 45.3 Å². The van der Waals surface area contributed by atoms with Crippen LogP contribution in [0.15, 0.2) is 53.8 Å². The van der Waals surface area contributed by atoms with Gasteiger partial charge in [-0.25, -0.2) is 0 Å². The number of benzene rings is 1. The molecule has 1 aliphatic heterocycles. The molecule has 2 saturated carbocycles. The summed E-state index contributed by atoms with van der Waals surface area (Å²) in [6.45, 7) is 10.1. The maximum absolute atomic E-state index is 11.8. The second-order valence-electron chi connectivity index (χ2n) is 13.9. The molecule has 3 unspecified atom stereocenters. The van der Waals surface area contributed by atoms with Gasteiger partial charge in [-0.1, -0.05) is 74.1 Å². The molecule has 1 aromatic carbocycles. The zero-order valence-corrected chi connectivity index (χ0v) is 28.9. The molecule has 1 heterocycles. The first-order chi connectivity index (χ1) is 21.2. The van der Waals surface area contributed by atoms with E-state index < -0.39 is 8.07 Å². The van der Waals surface area contributed by atoms with Crippen LogP contribution >= 0.6 is 0 Å². The fourth-order valence-electron chi connectivity index (χ4n) is 7.80. The van der Waals surface area contributed by atoms with E-state index in [-0.39, 0.29) is 24.3 Å². The third-order valence-corrected chi connectivity index (χ3v) is 14.5. The Morgan fingerprint density at radius 3 is 2.68 bits per heavy atom. The first-order valence-electron chi connectivity index (χ1n) is 17.2. The standard InChI is InChI=1S/C38H56O5Si/c1-6-7-9-16-28(2)22-23-33(39)38-32-27-35(44(4,5)31-18-10-8-11-19-31)29(17-12-13-20-36(40)41-3)25-30(32)26-34(38)43-37-21-14-15-24-42-37/h8,10-11,17-19,23,28,30,32,34-35,37-39H,6,12-16,20-22,24-27H2,1-5H3/b29-17+,33-23?/t28?,30-,32+,34-,35?,37?,38-/m1/s1. The van der Waals surface area contributed by atoms with Gasteiger partial charge in [0.2, 0.25) is 0 Å². The normalized spacial score (nSPS) is 29.0. The molecule has 0 aromatic heterocycles. The van der Waals surface area contributed by atoms with Gasteiger partial charge in [0.15, 0.2) is 6.29 Å². The molecule has 6 heteroatoms. The number of carbonyl (C=O) groups excluding carboxylic acids is 1. The Kier molecular flexibility index (Phi) is 13.2. The van der Waals surface area contributed by atoms with Crippen molar-refractivity contribution in [1.82, 2.24) is 0 Å². The number of aliphatic hydroxyl groups excluding tert-OH is 1. The van der Waals surface area contributed by atoms with Gasteiger partial charge in [-0.05, 0) is 87.2 Å². The molecular formula is C38H56O5Si. The van der Waals surface area contributed by atoms with Crippen molar-refractivity contribution in [3.8, 4) is 11.8 Å². The van der Waals surface area contributed by atoms with E-state index in [2.05, 4.69) is 81.3 Å². The van der Waals surface area contributed by atoms with Crippen LogP contribution < -0.4 is 5.19 Å². The summed E-state index contributed by atoms with van der Waals surface area (Å²) in [5.74, 6) is 8.05. The zero-order chi connectivity index (χ0) is 31.5. The van der Waals surface area contributed by atoms with Gasteiger partial charge in [0.05, 0.1) is 27.0 Å². The van der Waals surface area contributed by atoms with Gasteiger partial charge in [0, 0.05) is 31.8 Å². The van der Waals surface area contributed by atoms with Gasteiger partial charge < -0.3 is 19.3 Å². The predicted octanol–water partition coefficient (Wildman–Crippen LogP) is 8.47. The van der Waals surface area contributed by atoms with Gasteiger partial charge in [-0.15, -0.1) is 11.8 Å². The molecule has 44 heavy (non-hydrogen) atoms. The first kappa shape index (κ1) is 34.5. The second-order valence-corrected chi connectivity index (χ2v) is 18.6. The first-order valence-corrected chi connectivity index (χ1v) is 20.2. The van der Waals surface area contributed by atoms with Crippen LogP contribution in [0.2, 0.25) is 18.6 Å². The number of rotatable bonds is 12. The summed E-state index contributed by atoms with van der Waals surface area (Å²) in [4.78, 5) is 11.8. The van der Waals surface area contributed by atoms with Gasteiger partial charge in [0.1, 0.15) is 0 Å². The Hall–Kier alpha value is -2.33. The summed E-state index contributed by atoms with van der Waals surface area (Å²) < 4.78 is 17.7. The minimum atomic E-state index is -1.92. The molecule has 3 aliphatic rings. The minimum Gasteiger partial charge on any atom is -0.512 e. The third kappa shape index (κ3) is 9.11. The van der Waals surface area contributed by atoms with E-state index in [0.29, 0.717) is 35.5 Å². The summed E-state index contributed by atoms with van der Waals surface area (Å²) in [5.41, 5.74) is 2.02. The lowest BCUT2D eigenvalue weighted by Gasteiger charge is -2.44. The number of hydrogen-bond donors (Lipinski definition) is 1. The van der Waals surface area contributed by atoms with Crippen LogP contribution in [-0.2, 0) is 19.0 Å². The van der Waals surface area contributed by atoms with Crippen molar-refractivity contribution in [3.05, 3.63) is 53.8 Å². The molecule has 0 bridgehead atoms. The lowest BCUT2D eigenvalue weighted by molar-refractivity contribution is -0.195. The maximum atomic E-state index is 11.8. The molecular weight excluding hydrogens is 564 g/mol. The summed E-state index contributed by atoms with van der Waals surface area (Å²) in [6, 6.07) is 11.1. The predicted molar refractivity (Wildman–Crippen MR) is 181 cm³/mol. The number of unbranched alkanes of at least 4 members (excludes halogenated alkanes) is 1. The Morgan fingerprint density at radius 1 is 1.18 bits per heavy atom. The average molecular weight is 621 g/mol. The second kappa shape index (κ2) is 16.8. The number of aliphatic hydroxyl groups is 1. The smallest absolute Gasteiger partial charge is 0.305 e. The number of esters is 1. The Labute approximate surface area is 267 Å². The monoisotopic (exact) mass is 620 g/mol. The van der Waals surface area contributed by atoms with Gasteiger partial charge in [-0.2, -0.15) is 0 Å². The molecule has 0 radical (unpaired) electrons. The third-order valence-electron chi connectivity index (χ3n) is 10.4. The number of methoxy groups -OCH3 is 1. The van der Waals surface area contributed by atoms with E-state index in [4.69, 9.17) is 14.2 Å². The lowest BCUT2D eigenvalue weighted by Crippen LogP contribution is -2.49. The highest BCUT2D eigenvalue weighted by molar-refractivity contribution is 6.91. The molecule has 242 valence electrons. The topological polar surface area (TPSA) is 65.0 Å².